The molecule has 1 fully saturated rings. The number of thiophene rings is 1. The minimum Gasteiger partial charge on any atom is -0.323 e. The monoisotopic (exact) mass is 210 g/mol. The highest BCUT2D eigenvalue weighted by Gasteiger charge is 2.30. The molecule has 1 heterocycles. The summed E-state index contributed by atoms with van der Waals surface area (Å²) in [5.41, 5.74) is 6.14. The van der Waals surface area contributed by atoms with Gasteiger partial charge < -0.3 is 10.6 Å². The number of hydrogen-bond donors (Lipinski definition) is 1. The summed E-state index contributed by atoms with van der Waals surface area (Å²) in [4.78, 5) is 4.98. The summed E-state index contributed by atoms with van der Waals surface area (Å²) >= 11 is 1.87. The Balaban J connectivity index is 2.01. The van der Waals surface area contributed by atoms with Crippen LogP contribution >= 0.6 is 11.3 Å². The molecule has 0 aromatic carbocycles. The molecule has 0 aliphatic heterocycles. The molecule has 1 aromatic rings. The van der Waals surface area contributed by atoms with Crippen molar-refractivity contribution >= 4 is 11.3 Å². The fourth-order valence-electron chi connectivity index (χ4n) is 1.66. The van der Waals surface area contributed by atoms with Crippen LogP contribution in [0.2, 0.25) is 0 Å². The minimum atomic E-state index is 0.302. The van der Waals surface area contributed by atoms with Crippen molar-refractivity contribution in [1.29, 1.82) is 0 Å². The van der Waals surface area contributed by atoms with E-state index in [0.29, 0.717) is 6.04 Å². The Morgan fingerprint density at radius 2 is 2.21 bits per heavy atom. The van der Waals surface area contributed by atoms with E-state index in [4.69, 9.17) is 5.73 Å². The van der Waals surface area contributed by atoms with Crippen molar-refractivity contribution in [2.24, 2.45) is 11.7 Å². The molecule has 0 saturated heterocycles. The maximum absolute atomic E-state index is 6.14. The molecule has 2 N–H and O–H groups in total. The molecule has 2 nitrogen and oxygen atoms in total. The SMILES string of the molecule is CN(C)Cc1ccc([C@@H](N)C2CC2)s1. The predicted octanol–water partition coefficient (Wildman–Crippen LogP) is 2.22. The molecule has 0 unspecified atom stereocenters. The Labute approximate surface area is 89.7 Å². The van der Waals surface area contributed by atoms with Gasteiger partial charge in [0, 0.05) is 22.3 Å². The summed E-state index contributed by atoms with van der Waals surface area (Å²) < 4.78 is 0. The van der Waals surface area contributed by atoms with Gasteiger partial charge in [0.15, 0.2) is 0 Å². The van der Waals surface area contributed by atoms with Gasteiger partial charge in [0.25, 0.3) is 0 Å². The lowest BCUT2D eigenvalue weighted by molar-refractivity contribution is 0.406. The average Bonchev–Trinajstić information content (AvgIpc) is 2.86. The van der Waals surface area contributed by atoms with Gasteiger partial charge in [-0.15, -0.1) is 11.3 Å². The van der Waals surface area contributed by atoms with E-state index in [1.807, 2.05) is 11.3 Å². The van der Waals surface area contributed by atoms with Crippen LogP contribution in [0.25, 0.3) is 0 Å². The van der Waals surface area contributed by atoms with Crippen LogP contribution in [0.3, 0.4) is 0 Å². The molecule has 1 atom stereocenters. The standard InChI is InChI=1S/C11H18N2S/c1-13(2)7-9-5-6-10(14-9)11(12)8-3-4-8/h5-6,8,11H,3-4,7,12H2,1-2H3/t11-/m0/s1. The van der Waals surface area contributed by atoms with Crippen molar-refractivity contribution < 1.29 is 0 Å². The van der Waals surface area contributed by atoms with Crippen LogP contribution in [-0.4, -0.2) is 19.0 Å². The number of nitrogens with two attached hydrogens (primary N) is 1. The first-order chi connectivity index (χ1) is 6.66. The zero-order valence-corrected chi connectivity index (χ0v) is 9.68. The molecule has 0 bridgehead atoms. The molecule has 78 valence electrons. The fourth-order valence-corrected chi connectivity index (χ4v) is 2.88. The predicted molar refractivity (Wildman–Crippen MR) is 61.4 cm³/mol. The second-order valence-corrected chi connectivity index (χ2v) is 5.60. The van der Waals surface area contributed by atoms with E-state index in [9.17, 15) is 0 Å². The Hall–Kier alpha value is -0.380. The highest BCUT2D eigenvalue weighted by atomic mass is 32.1. The number of nitrogens with zero attached hydrogens (tertiary/aromatic N) is 1. The van der Waals surface area contributed by atoms with Crippen molar-refractivity contribution in [2.45, 2.75) is 25.4 Å². The third-order valence-corrected chi connectivity index (χ3v) is 3.78. The smallest absolute Gasteiger partial charge is 0.0418 e. The molecule has 1 aliphatic rings. The molecule has 0 amide bonds. The van der Waals surface area contributed by atoms with E-state index in [-0.39, 0.29) is 0 Å². The first-order valence-electron chi connectivity index (χ1n) is 5.15. The van der Waals surface area contributed by atoms with E-state index in [1.54, 1.807) is 0 Å². The van der Waals surface area contributed by atoms with Gasteiger partial charge in [-0.25, -0.2) is 0 Å². The van der Waals surface area contributed by atoms with Crippen molar-refractivity contribution in [2.75, 3.05) is 14.1 Å². The van der Waals surface area contributed by atoms with Crippen molar-refractivity contribution in [3.63, 3.8) is 0 Å². The van der Waals surface area contributed by atoms with Crippen LogP contribution in [-0.2, 0) is 6.54 Å². The van der Waals surface area contributed by atoms with E-state index >= 15 is 0 Å². The largest absolute Gasteiger partial charge is 0.323 e. The van der Waals surface area contributed by atoms with Gasteiger partial charge in [0.05, 0.1) is 0 Å². The van der Waals surface area contributed by atoms with Crippen LogP contribution in [0.5, 0.6) is 0 Å². The van der Waals surface area contributed by atoms with Crippen LogP contribution < -0.4 is 5.73 Å². The van der Waals surface area contributed by atoms with Crippen LogP contribution in [0.4, 0.5) is 0 Å². The maximum atomic E-state index is 6.14. The number of rotatable bonds is 4. The quantitative estimate of drug-likeness (QED) is 0.825. The van der Waals surface area contributed by atoms with Gasteiger partial charge in [0.2, 0.25) is 0 Å². The first-order valence-corrected chi connectivity index (χ1v) is 5.97. The highest BCUT2D eigenvalue weighted by Crippen LogP contribution is 2.41. The highest BCUT2D eigenvalue weighted by molar-refractivity contribution is 7.12. The summed E-state index contributed by atoms with van der Waals surface area (Å²) in [7, 11) is 4.19. The van der Waals surface area contributed by atoms with Crippen LogP contribution in [0.1, 0.15) is 28.6 Å². The minimum absolute atomic E-state index is 0.302. The Kier molecular flexibility index (Phi) is 2.91. The third kappa shape index (κ3) is 2.35. The summed E-state index contributed by atoms with van der Waals surface area (Å²) in [6.45, 7) is 1.03. The number of hydrogen-bond acceptors (Lipinski definition) is 3. The van der Waals surface area contributed by atoms with Gasteiger partial charge in [-0.3, -0.25) is 0 Å². The van der Waals surface area contributed by atoms with Crippen molar-refractivity contribution in [3.05, 3.63) is 21.9 Å². The zero-order valence-electron chi connectivity index (χ0n) is 8.86. The summed E-state index contributed by atoms with van der Waals surface area (Å²) in [6.07, 6.45) is 2.64. The van der Waals surface area contributed by atoms with E-state index < -0.39 is 0 Å². The van der Waals surface area contributed by atoms with Crippen molar-refractivity contribution in [1.82, 2.24) is 4.90 Å². The Bertz CT molecular complexity index is 302. The van der Waals surface area contributed by atoms with Gasteiger partial charge >= 0.3 is 0 Å². The summed E-state index contributed by atoms with van der Waals surface area (Å²) in [5, 5.41) is 0. The van der Waals surface area contributed by atoms with Crippen molar-refractivity contribution in [3.8, 4) is 0 Å². The fraction of sp³-hybridized carbons (Fsp3) is 0.636. The van der Waals surface area contributed by atoms with E-state index in [1.165, 1.54) is 22.6 Å². The summed E-state index contributed by atoms with van der Waals surface area (Å²) in [6, 6.07) is 4.71. The van der Waals surface area contributed by atoms with Gasteiger partial charge in [0.1, 0.15) is 0 Å². The second kappa shape index (κ2) is 4.01. The molecule has 1 aromatic heterocycles. The Morgan fingerprint density at radius 3 is 2.79 bits per heavy atom. The zero-order chi connectivity index (χ0) is 10.1. The third-order valence-electron chi connectivity index (χ3n) is 2.61. The van der Waals surface area contributed by atoms with E-state index in [0.717, 1.165) is 12.5 Å². The molecule has 1 saturated carbocycles. The molecule has 14 heavy (non-hydrogen) atoms. The topological polar surface area (TPSA) is 29.3 Å². The molecule has 0 spiro atoms. The lowest BCUT2D eigenvalue weighted by Gasteiger charge is -2.08. The normalized spacial score (nSPS) is 18.9. The molecule has 0 radical (unpaired) electrons. The maximum Gasteiger partial charge on any atom is 0.0418 e. The molecule has 1 aliphatic carbocycles. The molecule has 3 heteroatoms. The lowest BCUT2D eigenvalue weighted by atomic mass is 10.2. The second-order valence-electron chi connectivity index (χ2n) is 4.41. The summed E-state index contributed by atoms with van der Waals surface area (Å²) in [5.74, 6) is 0.765. The lowest BCUT2D eigenvalue weighted by Crippen LogP contribution is -2.10. The average molecular weight is 210 g/mol. The van der Waals surface area contributed by atoms with E-state index in [2.05, 4.69) is 31.1 Å². The Morgan fingerprint density at radius 1 is 1.50 bits per heavy atom. The van der Waals surface area contributed by atoms with Gasteiger partial charge in [-0.1, -0.05) is 0 Å². The molecule has 2 rings (SSSR count). The molecular formula is C11H18N2S. The van der Waals surface area contributed by atoms with Crippen LogP contribution in [0, 0.1) is 5.92 Å². The molecular weight excluding hydrogens is 192 g/mol. The first kappa shape index (κ1) is 10.1. The van der Waals surface area contributed by atoms with Crippen LogP contribution in [0.15, 0.2) is 12.1 Å². The van der Waals surface area contributed by atoms with Gasteiger partial charge in [-0.2, -0.15) is 0 Å². The van der Waals surface area contributed by atoms with Gasteiger partial charge in [-0.05, 0) is 45.0 Å².